The molecule has 7 aromatic rings. The van der Waals surface area contributed by atoms with Crippen molar-refractivity contribution in [2.75, 3.05) is 0 Å². The molecule has 168 valence electrons. The van der Waals surface area contributed by atoms with Crippen LogP contribution in [0, 0.1) is 0 Å². The molecule has 0 saturated carbocycles. The van der Waals surface area contributed by atoms with Crippen molar-refractivity contribution in [3.05, 3.63) is 121 Å². The molecule has 5 aromatic carbocycles. The summed E-state index contributed by atoms with van der Waals surface area (Å²) in [6.07, 6.45) is 0. The summed E-state index contributed by atoms with van der Waals surface area (Å²) < 4.78 is 4.85. The summed E-state index contributed by atoms with van der Waals surface area (Å²) in [6, 6.07) is 41.9. The fourth-order valence-corrected chi connectivity index (χ4v) is 5.64. The van der Waals surface area contributed by atoms with E-state index in [0.717, 1.165) is 0 Å². The van der Waals surface area contributed by atoms with Gasteiger partial charge in [0.2, 0.25) is 0 Å². The maximum absolute atomic E-state index is 2.44. The van der Waals surface area contributed by atoms with Crippen LogP contribution in [0.15, 0.2) is 115 Å². The molecular formula is C33H26N2. The fraction of sp³-hybridized carbons (Fsp3) is 0.0909. The Morgan fingerprint density at radius 1 is 0.457 bits per heavy atom. The Labute approximate surface area is 204 Å². The minimum absolute atomic E-state index is 0.517. The molecule has 2 heteroatoms. The second-order valence-electron chi connectivity index (χ2n) is 9.64. The van der Waals surface area contributed by atoms with Gasteiger partial charge in [-0.3, -0.25) is 0 Å². The topological polar surface area (TPSA) is 9.86 Å². The van der Waals surface area contributed by atoms with Crippen LogP contribution in [0.5, 0.6) is 0 Å². The van der Waals surface area contributed by atoms with Crippen molar-refractivity contribution in [2.45, 2.75) is 19.8 Å². The summed E-state index contributed by atoms with van der Waals surface area (Å²) in [5.41, 5.74) is 8.71. The van der Waals surface area contributed by atoms with Crippen molar-refractivity contribution in [3.8, 4) is 11.4 Å². The van der Waals surface area contributed by atoms with Crippen LogP contribution in [0.1, 0.15) is 25.3 Å². The van der Waals surface area contributed by atoms with Gasteiger partial charge in [0, 0.05) is 32.9 Å². The van der Waals surface area contributed by atoms with Crippen molar-refractivity contribution in [1.82, 2.24) is 9.13 Å². The molecule has 0 fully saturated rings. The predicted octanol–water partition coefficient (Wildman–Crippen LogP) is 9.00. The first-order valence-electron chi connectivity index (χ1n) is 12.3. The van der Waals surface area contributed by atoms with E-state index >= 15 is 0 Å². The number of aromatic nitrogens is 2. The Bertz CT molecular complexity index is 1850. The zero-order chi connectivity index (χ0) is 23.5. The highest BCUT2D eigenvalue weighted by Crippen LogP contribution is 2.41. The lowest BCUT2D eigenvalue weighted by Gasteiger charge is -2.11. The molecule has 0 atom stereocenters. The van der Waals surface area contributed by atoms with Crippen molar-refractivity contribution in [3.63, 3.8) is 0 Å². The molecule has 2 nitrogen and oxygen atoms in total. The number of benzene rings is 5. The SMILES string of the molecule is CC(C)c1ccc(-n2c3ccccc3c3c2ccc2c4ccccc4n(-c4ccccc4)c23)cc1. The Hall–Kier alpha value is -4.30. The monoisotopic (exact) mass is 450 g/mol. The van der Waals surface area contributed by atoms with Gasteiger partial charge in [0.25, 0.3) is 0 Å². The van der Waals surface area contributed by atoms with Crippen molar-refractivity contribution >= 4 is 43.6 Å². The lowest BCUT2D eigenvalue weighted by atomic mass is 10.0. The number of fused-ring (bicyclic) bond motifs is 7. The van der Waals surface area contributed by atoms with Gasteiger partial charge in [-0.25, -0.2) is 0 Å². The maximum atomic E-state index is 2.44. The van der Waals surface area contributed by atoms with E-state index in [1.54, 1.807) is 0 Å². The Kier molecular flexibility index (Phi) is 4.37. The van der Waals surface area contributed by atoms with E-state index in [1.165, 1.54) is 60.5 Å². The summed E-state index contributed by atoms with van der Waals surface area (Å²) in [7, 11) is 0. The summed E-state index contributed by atoms with van der Waals surface area (Å²) in [5.74, 6) is 0.517. The number of hydrogen-bond donors (Lipinski definition) is 0. The van der Waals surface area contributed by atoms with Crippen molar-refractivity contribution < 1.29 is 0 Å². The second-order valence-corrected chi connectivity index (χ2v) is 9.64. The molecular weight excluding hydrogens is 424 g/mol. The molecule has 35 heavy (non-hydrogen) atoms. The smallest absolute Gasteiger partial charge is 0.0641 e. The van der Waals surface area contributed by atoms with E-state index in [0.29, 0.717) is 5.92 Å². The molecule has 0 bridgehead atoms. The molecule has 0 aliphatic heterocycles. The van der Waals surface area contributed by atoms with Crippen LogP contribution in [0.25, 0.3) is 55.0 Å². The van der Waals surface area contributed by atoms with E-state index < -0.39 is 0 Å². The lowest BCUT2D eigenvalue weighted by molar-refractivity contribution is 0.866. The summed E-state index contributed by atoms with van der Waals surface area (Å²) in [4.78, 5) is 0. The molecule has 0 radical (unpaired) electrons. The molecule has 7 rings (SSSR count). The highest BCUT2D eigenvalue weighted by atomic mass is 15.0. The van der Waals surface area contributed by atoms with E-state index in [9.17, 15) is 0 Å². The summed E-state index contributed by atoms with van der Waals surface area (Å²) >= 11 is 0. The molecule has 2 heterocycles. The molecule has 0 aliphatic rings. The second kappa shape index (κ2) is 7.61. The van der Waals surface area contributed by atoms with Gasteiger partial charge >= 0.3 is 0 Å². The molecule has 2 aromatic heterocycles. The van der Waals surface area contributed by atoms with Gasteiger partial charge < -0.3 is 9.13 Å². The number of nitrogens with zero attached hydrogens (tertiary/aromatic N) is 2. The van der Waals surface area contributed by atoms with Gasteiger partial charge in [-0.2, -0.15) is 0 Å². The van der Waals surface area contributed by atoms with Crippen LogP contribution in [-0.2, 0) is 0 Å². The third-order valence-electron chi connectivity index (χ3n) is 7.30. The molecule has 0 N–H and O–H groups in total. The quantitative estimate of drug-likeness (QED) is 0.254. The first-order chi connectivity index (χ1) is 17.2. The van der Waals surface area contributed by atoms with Gasteiger partial charge in [0.1, 0.15) is 0 Å². The third kappa shape index (κ3) is 2.90. The van der Waals surface area contributed by atoms with E-state index in [1.807, 2.05) is 0 Å². The zero-order valence-corrected chi connectivity index (χ0v) is 19.9. The molecule has 0 aliphatic carbocycles. The number of rotatable bonds is 3. The van der Waals surface area contributed by atoms with Crippen LogP contribution in [-0.4, -0.2) is 9.13 Å². The minimum Gasteiger partial charge on any atom is -0.309 e. The van der Waals surface area contributed by atoms with Gasteiger partial charge in [0.05, 0.1) is 22.1 Å². The van der Waals surface area contributed by atoms with Crippen LogP contribution in [0.4, 0.5) is 0 Å². The van der Waals surface area contributed by atoms with Crippen LogP contribution >= 0.6 is 0 Å². The Morgan fingerprint density at radius 3 is 1.77 bits per heavy atom. The van der Waals surface area contributed by atoms with Gasteiger partial charge in [-0.1, -0.05) is 86.6 Å². The predicted molar refractivity (Wildman–Crippen MR) is 149 cm³/mol. The van der Waals surface area contributed by atoms with E-state index in [-0.39, 0.29) is 0 Å². The standard InChI is InChI=1S/C33H26N2/c1-22(2)23-16-18-25(19-17-23)34-30-15-9-7-13-28(30)32-31(34)21-20-27-26-12-6-8-14-29(26)35(33(27)32)24-10-4-3-5-11-24/h3-22H,1-2H3. The average molecular weight is 451 g/mol. The van der Waals surface area contributed by atoms with Crippen LogP contribution in [0.3, 0.4) is 0 Å². The Balaban J connectivity index is 1.68. The Morgan fingerprint density at radius 2 is 1.06 bits per heavy atom. The first kappa shape index (κ1) is 20.1. The number of hydrogen-bond acceptors (Lipinski definition) is 0. The number of para-hydroxylation sites is 3. The van der Waals surface area contributed by atoms with Crippen LogP contribution in [0.2, 0.25) is 0 Å². The van der Waals surface area contributed by atoms with Gasteiger partial charge in [0.15, 0.2) is 0 Å². The average Bonchev–Trinajstić information content (AvgIpc) is 3.42. The molecule has 0 saturated heterocycles. The van der Waals surface area contributed by atoms with Crippen molar-refractivity contribution in [2.24, 2.45) is 0 Å². The highest BCUT2D eigenvalue weighted by molar-refractivity contribution is 6.26. The van der Waals surface area contributed by atoms with E-state index in [4.69, 9.17) is 0 Å². The summed E-state index contributed by atoms with van der Waals surface area (Å²) in [6.45, 7) is 4.49. The normalized spacial score (nSPS) is 12.0. The van der Waals surface area contributed by atoms with E-state index in [2.05, 4.69) is 138 Å². The van der Waals surface area contributed by atoms with Crippen LogP contribution < -0.4 is 0 Å². The molecule has 0 spiro atoms. The van der Waals surface area contributed by atoms with Gasteiger partial charge in [-0.15, -0.1) is 0 Å². The first-order valence-corrected chi connectivity index (χ1v) is 12.3. The van der Waals surface area contributed by atoms with Crippen molar-refractivity contribution in [1.29, 1.82) is 0 Å². The minimum atomic E-state index is 0.517. The molecule has 0 amide bonds. The molecule has 0 unspecified atom stereocenters. The summed E-state index contributed by atoms with van der Waals surface area (Å²) in [5, 5.41) is 5.15. The zero-order valence-electron chi connectivity index (χ0n) is 19.9. The third-order valence-corrected chi connectivity index (χ3v) is 7.30. The fourth-order valence-electron chi connectivity index (χ4n) is 5.64. The maximum Gasteiger partial charge on any atom is 0.0641 e. The van der Waals surface area contributed by atoms with Gasteiger partial charge in [-0.05, 0) is 53.9 Å². The lowest BCUT2D eigenvalue weighted by Crippen LogP contribution is -1.96. The highest BCUT2D eigenvalue weighted by Gasteiger charge is 2.20. The largest absolute Gasteiger partial charge is 0.309 e.